The summed E-state index contributed by atoms with van der Waals surface area (Å²) in [5.74, 6) is 2.94. The Kier molecular flexibility index (Phi) is 7.36. The number of hydrogen-bond donors (Lipinski definition) is 0. The Morgan fingerprint density at radius 2 is 1.84 bits per heavy atom. The fraction of sp³-hybridized carbons (Fsp3) is 0.519. The summed E-state index contributed by atoms with van der Waals surface area (Å²) in [6.45, 7) is 9.00. The number of likely N-dealkylation sites (tertiary alicyclic amines) is 1. The fourth-order valence-electron chi connectivity index (χ4n) is 4.93. The van der Waals surface area contributed by atoms with Crippen LogP contribution in [-0.2, 0) is 17.8 Å². The van der Waals surface area contributed by atoms with Crippen LogP contribution in [0.2, 0.25) is 0 Å². The van der Waals surface area contributed by atoms with Gasteiger partial charge in [0.15, 0.2) is 6.10 Å². The van der Waals surface area contributed by atoms with E-state index in [1.165, 1.54) is 5.56 Å². The lowest BCUT2D eigenvalue weighted by Gasteiger charge is -2.36. The van der Waals surface area contributed by atoms with Crippen LogP contribution >= 0.6 is 0 Å². The summed E-state index contributed by atoms with van der Waals surface area (Å²) < 4.78 is 11.5. The molecule has 0 radical (unpaired) electrons. The third kappa shape index (κ3) is 5.44. The lowest BCUT2D eigenvalue weighted by molar-refractivity contribution is -0.139. The molecule has 1 amide bonds. The van der Waals surface area contributed by atoms with E-state index in [0.29, 0.717) is 18.3 Å². The molecule has 172 valence electrons. The molecule has 4 rings (SSSR count). The second-order valence-corrected chi connectivity index (χ2v) is 9.59. The second kappa shape index (κ2) is 10.4. The van der Waals surface area contributed by atoms with Crippen LogP contribution in [0.4, 0.5) is 0 Å². The summed E-state index contributed by atoms with van der Waals surface area (Å²) in [5, 5.41) is 0. The number of para-hydroxylation sites is 2. The van der Waals surface area contributed by atoms with Crippen molar-refractivity contribution in [3.05, 3.63) is 59.7 Å². The molecule has 1 atom stereocenters. The summed E-state index contributed by atoms with van der Waals surface area (Å²) in [5.41, 5.74) is 2.38. The van der Waals surface area contributed by atoms with Gasteiger partial charge < -0.3 is 14.4 Å². The SMILES string of the molecule is COc1ccccc1CN1CCC(CN(CC(C)C)C(=O)[C@@H]2Cc3ccccc3O2)CC1. The molecule has 0 N–H and O–H groups in total. The Balaban J connectivity index is 1.32. The van der Waals surface area contributed by atoms with Crippen molar-refractivity contribution in [3.8, 4) is 11.5 Å². The summed E-state index contributed by atoms with van der Waals surface area (Å²) >= 11 is 0. The number of piperidine rings is 1. The molecule has 2 heterocycles. The number of carbonyl (C=O) groups excluding carboxylic acids is 1. The molecule has 5 heteroatoms. The number of fused-ring (bicyclic) bond motifs is 1. The summed E-state index contributed by atoms with van der Waals surface area (Å²) in [7, 11) is 1.73. The number of rotatable bonds is 8. The zero-order valence-corrected chi connectivity index (χ0v) is 19.6. The van der Waals surface area contributed by atoms with E-state index < -0.39 is 0 Å². The highest BCUT2D eigenvalue weighted by Crippen LogP contribution is 2.30. The zero-order chi connectivity index (χ0) is 22.5. The van der Waals surface area contributed by atoms with Crippen LogP contribution < -0.4 is 9.47 Å². The molecule has 1 fully saturated rings. The Labute approximate surface area is 192 Å². The Bertz CT molecular complexity index is 880. The third-order valence-electron chi connectivity index (χ3n) is 6.59. The number of methoxy groups -OCH3 is 1. The van der Waals surface area contributed by atoms with Crippen molar-refractivity contribution in [1.82, 2.24) is 9.80 Å². The van der Waals surface area contributed by atoms with Crippen molar-refractivity contribution in [2.75, 3.05) is 33.3 Å². The fourth-order valence-corrected chi connectivity index (χ4v) is 4.93. The Hall–Kier alpha value is -2.53. The normalized spacial score (nSPS) is 18.9. The standard InChI is InChI=1S/C27H36N2O3/c1-20(2)17-29(27(30)26-16-22-8-4-7-11-25(22)32-26)18-21-12-14-28(15-13-21)19-23-9-5-6-10-24(23)31-3/h4-11,20-21,26H,12-19H2,1-3H3/t26-/m0/s1. The number of benzene rings is 2. The molecule has 2 aromatic rings. The molecule has 0 saturated carbocycles. The minimum Gasteiger partial charge on any atom is -0.496 e. The van der Waals surface area contributed by atoms with Gasteiger partial charge in [-0.25, -0.2) is 0 Å². The summed E-state index contributed by atoms with van der Waals surface area (Å²) in [6, 6.07) is 16.3. The molecule has 0 spiro atoms. The molecule has 0 bridgehead atoms. The number of hydrogen-bond acceptors (Lipinski definition) is 4. The maximum absolute atomic E-state index is 13.4. The predicted molar refractivity (Wildman–Crippen MR) is 127 cm³/mol. The first kappa shape index (κ1) is 22.7. The zero-order valence-electron chi connectivity index (χ0n) is 19.6. The van der Waals surface area contributed by atoms with Crippen LogP contribution in [-0.4, -0.2) is 55.1 Å². The van der Waals surface area contributed by atoms with Gasteiger partial charge in [0.1, 0.15) is 11.5 Å². The van der Waals surface area contributed by atoms with Crippen molar-refractivity contribution >= 4 is 5.91 Å². The first-order valence-electron chi connectivity index (χ1n) is 11.9. The van der Waals surface area contributed by atoms with E-state index in [-0.39, 0.29) is 12.0 Å². The van der Waals surface area contributed by atoms with Gasteiger partial charge in [-0.15, -0.1) is 0 Å². The first-order valence-corrected chi connectivity index (χ1v) is 11.9. The lowest BCUT2D eigenvalue weighted by atomic mass is 9.95. The maximum Gasteiger partial charge on any atom is 0.264 e. The maximum atomic E-state index is 13.4. The topological polar surface area (TPSA) is 42.0 Å². The molecule has 32 heavy (non-hydrogen) atoms. The molecule has 5 nitrogen and oxygen atoms in total. The van der Waals surface area contributed by atoms with E-state index in [2.05, 4.69) is 41.8 Å². The van der Waals surface area contributed by atoms with E-state index in [1.807, 2.05) is 30.3 Å². The van der Waals surface area contributed by atoms with Gasteiger partial charge in [-0.3, -0.25) is 9.69 Å². The highest BCUT2D eigenvalue weighted by molar-refractivity contribution is 5.82. The average Bonchev–Trinajstić information content (AvgIpc) is 3.24. The average molecular weight is 437 g/mol. The summed E-state index contributed by atoms with van der Waals surface area (Å²) in [6.07, 6.45) is 2.53. The molecule has 2 aromatic carbocycles. The van der Waals surface area contributed by atoms with Gasteiger partial charge >= 0.3 is 0 Å². The van der Waals surface area contributed by atoms with Crippen LogP contribution in [0.15, 0.2) is 48.5 Å². The van der Waals surface area contributed by atoms with Crippen LogP contribution in [0.3, 0.4) is 0 Å². The van der Waals surface area contributed by atoms with E-state index in [4.69, 9.17) is 9.47 Å². The van der Waals surface area contributed by atoms with Crippen molar-refractivity contribution in [3.63, 3.8) is 0 Å². The third-order valence-corrected chi connectivity index (χ3v) is 6.59. The highest BCUT2D eigenvalue weighted by Gasteiger charge is 2.34. The lowest BCUT2D eigenvalue weighted by Crippen LogP contribution is -2.47. The number of ether oxygens (including phenoxy) is 2. The van der Waals surface area contributed by atoms with Crippen molar-refractivity contribution in [1.29, 1.82) is 0 Å². The van der Waals surface area contributed by atoms with Crippen molar-refractivity contribution < 1.29 is 14.3 Å². The molecule has 2 aliphatic heterocycles. The van der Waals surface area contributed by atoms with Crippen LogP contribution in [0, 0.1) is 11.8 Å². The van der Waals surface area contributed by atoms with Crippen molar-refractivity contribution in [2.45, 2.75) is 45.8 Å². The van der Waals surface area contributed by atoms with Gasteiger partial charge in [0.25, 0.3) is 5.91 Å². The van der Waals surface area contributed by atoms with Crippen LogP contribution in [0.25, 0.3) is 0 Å². The van der Waals surface area contributed by atoms with E-state index in [9.17, 15) is 4.79 Å². The van der Waals surface area contributed by atoms with Gasteiger partial charge in [-0.2, -0.15) is 0 Å². The second-order valence-electron chi connectivity index (χ2n) is 9.59. The van der Waals surface area contributed by atoms with Gasteiger partial charge in [0.05, 0.1) is 7.11 Å². The quantitative estimate of drug-likeness (QED) is 0.615. The molecule has 0 unspecified atom stereocenters. The molecule has 0 aromatic heterocycles. The van der Waals surface area contributed by atoms with Crippen molar-refractivity contribution in [2.24, 2.45) is 11.8 Å². The van der Waals surface area contributed by atoms with E-state index in [1.54, 1.807) is 7.11 Å². The van der Waals surface area contributed by atoms with E-state index >= 15 is 0 Å². The van der Waals surface area contributed by atoms with Gasteiger partial charge in [-0.05, 0) is 55.5 Å². The van der Waals surface area contributed by atoms with Crippen LogP contribution in [0.1, 0.15) is 37.8 Å². The summed E-state index contributed by atoms with van der Waals surface area (Å²) in [4.78, 5) is 17.9. The molecular formula is C27H36N2O3. The number of amides is 1. The number of nitrogens with zero attached hydrogens (tertiary/aromatic N) is 2. The monoisotopic (exact) mass is 436 g/mol. The molecule has 1 saturated heterocycles. The highest BCUT2D eigenvalue weighted by atomic mass is 16.5. The van der Waals surface area contributed by atoms with E-state index in [0.717, 1.165) is 62.6 Å². The number of carbonyl (C=O) groups is 1. The largest absolute Gasteiger partial charge is 0.496 e. The smallest absolute Gasteiger partial charge is 0.264 e. The van der Waals surface area contributed by atoms with Gasteiger partial charge in [0.2, 0.25) is 0 Å². The Morgan fingerprint density at radius 1 is 1.12 bits per heavy atom. The van der Waals surface area contributed by atoms with Gasteiger partial charge in [0, 0.05) is 31.6 Å². The van der Waals surface area contributed by atoms with Gasteiger partial charge in [-0.1, -0.05) is 50.2 Å². The van der Waals surface area contributed by atoms with Crippen LogP contribution in [0.5, 0.6) is 11.5 Å². The molecule has 0 aliphatic carbocycles. The minimum absolute atomic E-state index is 0.145. The minimum atomic E-state index is -0.378. The molecular weight excluding hydrogens is 400 g/mol. The predicted octanol–water partition coefficient (Wildman–Crippen LogP) is 4.40. The Morgan fingerprint density at radius 3 is 2.56 bits per heavy atom. The first-order chi connectivity index (χ1) is 15.5. The molecule has 2 aliphatic rings.